The molecule has 26 heavy (non-hydrogen) atoms. The third-order valence-corrected chi connectivity index (χ3v) is 5.40. The van der Waals surface area contributed by atoms with Gasteiger partial charge in [-0.1, -0.05) is 12.1 Å². The van der Waals surface area contributed by atoms with E-state index in [1.807, 2.05) is 29.2 Å². The summed E-state index contributed by atoms with van der Waals surface area (Å²) in [6.07, 6.45) is 2.39. The fourth-order valence-electron chi connectivity index (χ4n) is 2.79. The van der Waals surface area contributed by atoms with Crippen molar-refractivity contribution < 1.29 is 18.7 Å². The molecule has 6 nitrogen and oxygen atoms in total. The molecule has 7 heteroatoms. The maximum Gasteiger partial charge on any atom is 0.251 e. The summed E-state index contributed by atoms with van der Waals surface area (Å²) in [5.41, 5.74) is 1.61. The van der Waals surface area contributed by atoms with Crippen LogP contribution in [0.15, 0.2) is 47.1 Å². The van der Waals surface area contributed by atoms with Crippen LogP contribution < -0.4 is 5.32 Å². The summed E-state index contributed by atoms with van der Waals surface area (Å²) in [5, 5.41) is 2.80. The van der Waals surface area contributed by atoms with E-state index in [1.165, 1.54) is 0 Å². The van der Waals surface area contributed by atoms with E-state index in [-0.39, 0.29) is 17.2 Å². The zero-order valence-electron chi connectivity index (χ0n) is 14.6. The van der Waals surface area contributed by atoms with Crippen molar-refractivity contribution in [3.05, 3.63) is 59.5 Å². The highest BCUT2D eigenvalue weighted by molar-refractivity contribution is 8.00. The second-order valence-electron chi connectivity index (χ2n) is 5.99. The molecule has 2 aromatic rings. The predicted octanol–water partition coefficient (Wildman–Crippen LogP) is 2.82. The quantitative estimate of drug-likeness (QED) is 0.720. The third-order valence-electron chi connectivity index (χ3n) is 4.14. The summed E-state index contributed by atoms with van der Waals surface area (Å²) in [4.78, 5) is 26.2. The van der Waals surface area contributed by atoms with Gasteiger partial charge in [0, 0.05) is 25.8 Å². The average molecular weight is 374 g/mol. The molecule has 1 N–H and O–H groups in total. The molecule has 0 unspecified atom stereocenters. The van der Waals surface area contributed by atoms with Crippen molar-refractivity contribution in [3.8, 4) is 0 Å². The molecule has 0 radical (unpaired) electrons. The minimum Gasteiger partial charge on any atom is -0.467 e. The van der Waals surface area contributed by atoms with E-state index in [1.54, 1.807) is 37.3 Å². The van der Waals surface area contributed by atoms with Crippen LogP contribution in [0.4, 0.5) is 0 Å². The monoisotopic (exact) mass is 374 g/mol. The summed E-state index contributed by atoms with van der Waals surface area (Å²) in [7, 11) is 1.64. The van der Waals surface area contributed by atoms with Gasteiger partial charge in [0.15, 0.2) is 0 Å². The maximum atomic E-state index is 12.2. The van der Waals surface area contributed by atoms with Crippen molar-refractivity contribution >= 4 is 23.6 Å². The fourth-order valence-corrected chi connectivity index (χ4v) is 3.98. The van der Waals surface area contributed by atoms with Crippen LogP contribution in [0, 0.1) is 0 Å². The Hall–Kier alpha value is -2.25. The maximum absolute atomic E-state index is 12.2. The minimum absolute atomic E-state index is 0.0635. The molecule has 1 aromatic heterocycles. The summed E-state index contributed by atoms with van der Waals surface area (Å²) < 4.78 is 10.3. The Morgan fingerprint density at radius 2 is 2.15 bits per heavy atom. The second kappa shape index (κ2) is 8.91. The number of amides is 2. The van der Waals surface area contributed by atoms with Crippen molar-refractivity contribution in [1.29, 1.82) is 0 Å². The Bertz CT molecular complexity index is 731. The van der Waals surface area contributed by atoms with Crippen LogP contribution >= 0.6 is 11.8 Å². The van der Waals surface area contributed by atoms with Gasteiger partial charge in [-0.3, -0.25) is 9.59 Å². The van der Waals surface area contributed by atoms with Crippen molar-refractivity contribution in [2.24, 2.45) is 0 Å². The molecule has 0 saturated carbocycles. The van der Waals surface area contributed by atoms with E-state index >= 15 is 0 Å². The number of nitrogens with one attached hydrogen (secondary N) is 1. The lowest BCUT2D eigenvalue weighted by Crippen LogP contribution is -2.27. The third kappa shape index (κ3) is 4.47. The Labute approximate surface area is 156 Å². The van der Waals surface area contributed by atoms with Gasteiger partial charge in [-0.05, 0) is 36.2 Å². The van der Waals surface area contributed by atoms with Crippen molar-refractivity contribution in [3.63, 3.8) is 0 Å². The van der Waals surface area contributed by atoms with Gasteiger partial charge >= 0.3 is 0 Å². The molecule has 1 aromatic carbocycles. The number of carbonyl (C=O) groups excluding carboxylic acids is 2. The zero-order valence-corrected chi connectivity index (χ0v) is 15.5. The number of carbonyl (C=O) groups is 2. The number of furan rings is 1. The molecule has 1 aliphatic rings. The van der Waals surface area contributed by atoms with Crippen LogP contribution in [-0.2, 0) is 16.1 Å². The number of hydrogen-bond donors (Lipinski definition) is 1. The summed E-state index contributed by atoms with van der Waals surface area (Å²) in [5.74, 6) is 1.21. The van der Waals surface area contributed by atoms with Gasteiger partial charge in [-0.2, -0.15) is 0 Å². The summed E-state index contributed by atoms with van der Waals surface area (Å²) >= 11 is 1.59. The Balaban J connectivity index is 1.63. The first kappa shape index (κ1) is 18.5. The second-order valence-corrected chi connectivity index (χ2v) is 7.06. The molecule has 1 fully saturated rings. The van der Waals surface area contributed by atoms with Crippen LogP contribution in [0.1, 0.15) is 33.5 Å². The number of methoxy groups -OCH3 is 1. The largest absolute Gasteiger partial charge is 0.467 e. The molecule has 1 atom stereocenters. The number of ether oxygens (including phenoxy) is 1. The standard InChI is InChI=1S/C19H22N2O4S/c1-24-10-3-9-20-18(23)14-5-7-15(8-6-14)19-21(17(22)13-26-19)12-16-4-2-11-25-16/h2,4-8,11,19H,3,9-10,12-13H2,1H3,(H,20,23)/t19-/m1/s1. The van der Waals surface area contributed by atoms with Gasteiger partial charge in [-0.15, -0.1) is 11.8 Å². The topological polar surface area (TPSA) is 71.8 Å². The van der Waals surface area contributed by atoms with Gasteiger partial charge in [0.2, 0.25) is 5.91 Å². The van der Waals surface area contributed by atoms with Gasteiger partial charge < -0.3 is 19.4 Å². The highest BCUT2D eigenvalue weighted by Crippen LogP contribution is 2.39. The number of thioether (sulfide) groups is 1. The molecular formula is C19H22N2O4S. The smallest absolute Gasteiger partial charge is 0.251 e. The number of rotatable bonds is 8. The highest BCUT2D eigenvalue weighted by Gasteiger charge is 2.33. The SMILES string of the molecule is COCCCNC(=O)c1ccc([C@H]2SCC(=O)N2Cc2ccco2)cc1. The van der Waals surface area contributed by atoms with Crippen LogP contribution in [0.5, 0.6) is 0 Å². The van der Waals surface area contributed by atoms with Crippen molar-refractivity contribution in [1.82, 2.24) is 10.2 Å². The molecule has 0 aliphatic carbocycles. The van der Waals surface area contributed by atoms with Gasteiger partial charge in [0.05, 0.1) is 18.6 Å². The minimum atomic E-state index is -0.102. The van der Waals surface area contributed by atoms with E-state index in [9.17, 15) is 9.59 Å². The highest BCUT2D eigenvalue weighted by atomic mass is 32.2. The van der Waals surface area contributed by atoms with Crippen molar-refractivity contribution in [2.75, 3.05) is 26.0 Å². The molecule has 2 heterocycles. The number of hydrogen-bond acceptors (Lipinski definition) is 5. The van der Waals surface area contributed by atoms with Crippen LogP contribution in [0.3, 0.4) is 0 Å². The van der Waals surface area contributed by atoms with E-state index < -0.39 is 0 Å². The molecule has 2 amide bonds. The molecule has 3 rings (SSSR count). The Morgan fingerprint density at radius 3 is 2.85 bits per heavy atom. The van der Waals surface area contributed by atoms with E-state index in [0.717, 1.165) is 17.7 Å². The van der Waals surface area contributed by atoms with E-state index in [2.05, 4.69) is 5.32 Å². The zero-order chi connectivity index (χ0) is 18.4. The molecule has 0 spiro atoms. The number of nitrogens with zero attached hydrogens (tertiary/aromatic N) is 1. The number of benzene rings is 1. The average Bonchev–Trinajstić information content (AvgIpc) is 3.30. The first-order valence-corrected chi connectivity index (χ1v) is 9.54. The summed E-state index contributed by atoms with van der Waals surface area (Å²) in [6.45, 7) is 1.65. The first-order chi connectivity index (χ1) is 12.7. The first-order valence-electron chi connectivity index (χ1n) is 8.49. The molecule has 0 bridgehead atoms. The van der Waals surface area contributed by atoms with Gasteiger partial charge in [0.1, 0.15) is 11.1 Å². The van der Waals surface area contributed by atoms with Gasteiger partial charge in [-0.25, -0.2) is 0 Å². The van der Waals surface area contributed by atoms with Crippen LogP contribution in [0.2, 0.25) is 0 Å². The van der Waals surface area contributed by atoms with Gasteiger partial charge in [0.25, 0.3) is 5.91 Å². The Morgan fingerprint density at radius 1 is 1.35 bits per heavy atom. The molecule has 1 aliphatic heterocycles. The lowest BCUT2D eigenvalue weighted by Gasteiger charge is -2.23. The lowest BCUT2D eigenvalue weighted by atomic mass is 10.1. The summed E-state index contributed by atoms with van der Waals surface area (Å²) in [6, 6.07) is 11.1. The fraction of sp³-hybridized carbons (Fsp3) is 0.368. The predicted molar refractivity (Wildman–Crippen MR) is 99.7 cm³/mol. The van der Waals surface area contributed by atoms with Crippen LogP contribution in [-0.4, -0.2) is 42.7 Å². The van der Waals surface area contributed by atoms with E-state index in [4.69, 9.17) is 9.15 Å². The normalized spacial score (nSPS) is 16.9. The van der Waals surface area contributed by atoms with E-state index in [0.29, 0.717) is 31.0 Å². The molecule has 1 saturated heterocycles. The van der Waals surface area contributed by atoms with Crippen LogP contribution in [0.25, 0.3) is 0 Å². The molecule has 138 valence electrons. The Kier molecular flexibility index (Phi) is 6.35. The lowest BCUT2D eigenvalue weighted by molar-refractivity contribution is -0.128. The van der Waals surface area contributed by atoms with Crippen molar-refractivity contribution in [2.45, 2.75) is 18.3 Å². The molecular weight excluding hydrogens is 352 g/mol.